The van der Waals surface area contributed by atoms with Gasteiger partial charge >= 0.3 is 6.18 Å². The largest absolute Gasteiger partial charge is 0.497 e. The van der Waals surface area contributed by atoms with Crippen LogP contribution in [-0.2, 0) is 6.18 Å². The highest BCUT2D eigenvalue weighted by molar-refractivity contribution is 7.13. The number of hydrogen-bond acceptors (Lipinski definition) is 4. The topological polar surface area (TPSA) is 39.2 Å². The predicted octanol–water partition coefficient (Wildman–Crippen LogP) is 3.40. The van der Waals surface area contributed by atoms with Gasteiger partial charge in [-0.2, -0.15) is 13.2 Å². The fourth-order valence-electron chi connectivity index (χ4n) is 1.42. The van der Waals surface area contributed by atoms with E-state index in [1.807, 2.05) is 0 Å². The fraction of sp³-hybridized carbons (Fsp3) is 0.167. The van der Waals surface area contributed by atoms with E-state index in [1.54, 1.807) is 12.1 Å². The van der Waals surface area contributed by atoms with Crippen LogP contribution in [0.3, 0.4) is 0 Å². The van der Waals surface area contributed by atoms with Crippen LogP contribution in [0.4, 0.5) is 13.2 Å². The van der Waals surface area contributed by atoms with Crippen molar-refractivity contribution in [2.24, 2.45) is 0 Å². The molecule has 100 valence electrons. The van der Waals surface area contributed by atoms with Crippen molar-refractivity contribution in [3.05, 3.63) is 45.9 Å². The van der Waals surface area contributed by atoms with Crippen molar-refractivity contribution in [3.8, 4) is 5.75 Å². The van der Waals surface area contributed by atoms with Crippen LogP contribution < -0.4 is 4.74 Å². The van der Waals surface area contributed by atoms with E-state index in [0.717, 1.165) is 6.20 Å². The van der Waals surface area contributed by atoms with Gasteiger partial charge in [-0.25, -0.2) is 4.98 Å². The highest BCUT2D eigenvalue weighted by atomic mass is 32.1. The monoisotopic (exact) mass is 287 g/mol. The Labute approximate surface area is 110 Å². The van der Waals surface area contributed by atoms with Crippen molar-refractivity contribution >= 4 is 17.1 Å². The first kappa shape index (κ1) is 13.5. The molecule has 0 N–H and O–H groups in total. The summed E-state index contributed by atoms with van der Waals surface area (Å²) in [7, 11) is 1.44. The summed E-state index contributed by atoms with van der Waals surface area (Å²) < 4.78 is 42.2. The van der Waals surface area contributed by atoms with Gasteiger partial charge < -0.3 is 4.74 Å². The van der Waals surface area contributed by atoms with E-state index in [0.29, 0.717) is 17.1 Å². The van der Waals surface area contributed by atoms with Crippen LogP contribution in [0.15, 0.2) is 30.5 Å². The van der Waals surface area contributed by atoms with Gasteiger partial charge in [0.1, 0.15) is 5.75 Å². The Kier molecular flexibility index (Phi) is 3.57. The number of ether oxygens (including phenoxy) is 1. The molecule has 0 saturated carbocycles. The summed E-state index contributed by atoms with van der Waals surface area (Å²) in [6, 6.07) is 6.22. The molecule has 0 fully saturated rings. The minimum Gasteiger partial charge on any atom is -0.497 e. The lowest BCUT2D eigenvalue weighted by atomic mass is 10.1. The first-order chi connectivity index (χ1) is 8.91. The minimum absolute atomic E-state index is 0.0550. The van der Waals surface area contributed by atoms with Crippen molar-refractivity contribution in [2.45, 2.75) is 6.18 Å². The number of carbonyl (C=O) groups is 1. The maximum atomic E-state index is 12.4. The molecule has 0 bridgehead atoms. The Morgan fingerprint density at radius 2 is 2.11 bits per heavy atom. The second-order valence-electron chi connectivity index (χ2n) is 3.59. The molecule has 0 amide bonds. The van der Waals surface area contributed by atoms with Gasteiger partial charge in [0.05, 0.1) is 12.0 Å². The van der Waals surface area contributed by atoms with Crippen LogP contribution in [0, 0.1) is 0 Å². The molecular formula is C12H8F3NO2S. The third-order valence-electron chi connectivity index (χ3n) is 2.30. The van der Waals surface area contributed by atoms with Crippen molar-refractivity contribution < 1.29 is 22.7 Å². The summed E-state index contributed by atoms with van der Waals surface area (Å²) in [6.45, 7) is 0. The van der Waals surface area contributed by atoms with E-state index in [2.05, 4.69) is 4.98 Å². The van der Waals surface area contributed by atoms with Crippen LogP contribution in [0.1, 0.15) is 20.2 Å². The molecule has 0 aliphatic rings. The molecule has 2 aromatic rings. The zero-order chi connectivity index (χ0) is 14.0. The van der Waals surface area contributed by atoms with Crippen molar-refractivity contribution in [2.75, 3.05) is 7.11 Å². The van der Waals surface area contributed by atoms with Crippen LogP contribution in [0.5, 0.6) is 5.75 Å². The van der Waals surface area contributed by atoms with Gasteiger partial charge in [-0.3, -0.25) is 4.79 Å². The Hall–Kier alpha value is -1.89. The average Bonchev–Trinajstić information content (AvgIpc) is 2.87. The molecule has 0 saturated heterocycles. The van der Waals surface area contributed by atoms with E-state index < -0.39 is 17.0 Å². The lowest BCUT2D eigenvalue weighted by molar-refractivity contribution is -0.137. The van der Waals surface area contributed by atoms with Crippen LogP contribution >= 0.6 is 11.3 Å². The maximum Gasteiger partial charge on any atom is 0.443 e. The second kappa shape index (κ2) is 5.00. The molecule has 1 aromatic carbocycles. The number of nitrogens with zero attached hydrogens (tertiary/aromatic N) is 1. The Morgan fingerprint density at radius 3 is 2.68 bits per heavy atom. The lowest BCUT2D eigenvalue weighted by Gasteiger charge is -2.02. The molecule has 19 heavy (non-hydrogen) atoms. The molecule has 0 aliphatic heterocycles. The molecule has 1 aromatic heterocycles. The zero-order valence-corrected chi connectivity index (χ0v) is 10.5. The summed E-state index contributed by atoms with van der Waals surface area (Å²) in [5.74, 6) is -0.0432. The maximum absolute atomic E-state index is 12.4. The molecule has 0 aliphatic carbocycles. The highest BCUT2D eigenvalue weighted by Gasteiger charge is 2.35. The number of hydrogen-bond donors (Lipinski definition) is 0. The molecule has 3 nitrogen and oxygen atoms in total. The second-order valence-corrected chi connectivity index (χ2v) is 4.62. The number of carbonyl (C=O) groups excluding carboxylic acids is 1. The van der Waals surface area contributed by atoms with E-state index in [4.69, 9.17) is 4.74 Å². The number of halogens is 3. The van der Waals surface area contributed by atoms with Crippen LogP contribution in [0.25, 0.3) is 0 Å². The predicted molar refractivity (Wildman–Crippen MR) is 63.5 cm³/mol. The lowest BCUT2D eigenvalue weighted by Crippen LogP contribution is -2.03. The number of thiazole rings is 1. The molecule has 0 spiro atoms. The number of rotatable bonds is 3. The smallest absolute Gasteiger partial charge is 0.443 e. The van der Waals surface area contributed by atoms with Crippen molar-refractivity contribution in [3.63, 3.8) is 0 Å². The number of benzene rings is 1. The molecule has 0 unspecified atom stereocenters. The van der Waals surface area contributed by atoms with E-state index in [-0.39, 0.29) is 10.4 Å². The molecule has 2 rings (SSSR count). The standard InChI is InChI=1S/C12H8F3NO2S/c1-18-8-4-2-3-7(5-8)10(17)9-6-16-11(19-9)12(13,14)15/h2-6H,1H3. The number of alkyl halides is 3. The summed E-state index contributed by atoms with van der Waals surface area (Å²) >= 11 is 0.330. The van der Waals surface area contributed by atoms with Crippen molar-refractivity contribution in [1.82, 2.24) is 4.98 Å². The van der Waals surface area contributed by atoms with Crippen LogP contribution in [0.2, 0.25) is 0 Å². The van der Waals surface area contributed by atoms with E-state index in [9.17, 15) is 18.0 Å². The normalized spacial score (nSPS) is 11.4. The first-order valence-electron chi connectivity index (χ1n) is 5.13. The van der Waals surface area contributed by atoms with Gasteiger partial charge in [-0.05, 0) is 12.1 Å². The van der Waals surface area contributed by atoms with Gasteiger partial charge in [0.15, 0.2) is 5.01 Å². The van der Waals surface area contributed by atoms with Gasteiger partial charge in [-0.15, -0.1) is 11.3 Å². The van der Waals surface area contributed by atoms with Crippen LogP contribution in [-0.4, -0.2) is 17.9 Å². The van der Waals surface area contributed by atoms with Gasteiger partial charge in [-0.1, -0.05) is 12.1 Å². The Morgan fingerprint density at radius 1 is 1.37 bits per heavy atom. The summed E-state index contributed by atoms with van der Waals surface area (Å²) in [5, 5.41) is -1.03. The van der Waals surface area contributed by atoms with Gasteiger partial charge in [0.2, 0.25) is 5.78 Å². The molecule has 1 heterocycles. The zero-order valence-electron chi connectivity index (χ0n) is 9.69. The summed E-state index contributed by atoms with van der Waals surface area (Å²) in [6.07, 6.45) is -3.59. The SMILES string of the molecule is COc1cccc(C(=O)c2cnc(C(F)(F)F)s2)c1. The third kappa shape index (κ3) is 2.93. The highest BCUT2D eigenvalue weighted by Crippen LogP contribution is 2.33. The Bertz CT molecular complexity index is 607. The fourth-order valence-corrected chi connectivity index (χ4v) is 2.16. The van der Waals surface area contributed by atoms with Gasteiger partial charge in [0, 0.05) is 11.8 Å². The summed E-state index contributed by atoms with van der Waals surface area (Å²) in [5.41, 5.74) is 0.261. The van der Waals surface area contributed by atoms with E-state index >= 15 is 0 Å². The Balaban J connectivity index is 2.31. The minimum atomic E-state index is -4.53. The molecule has 7 heteroatoms. The van der Waals surface area contributed by atoms with Gasteiger partial charge in [0.25, 0.3) is 0 Å². The average molecular weight is 287 g/mol. The number of ketones is 1. The molecule has 0 atom stereocenters. The molecule has 0 radical (unpaired) electrons. The quantitative estimate of drug-likeness (QED) is 0.812. The molecular weight excluding hydrogens is 279 g/mol. The summed E-state index contributed by atoms with van der Waals surface area (Å²) in [4.78, 5) is 15.2. The van der Waals surface area contributed by atoms with E-state index in [1.165, 1.54) is 19.2 Å². The number of aromatic nitrogens is 1. The third-order valence-corrected chi connectivity index (χ3v) is 3.34. The first-order valence-corrected chi connectivity index (χ1v) is 5.95. The van der Waals surface area contributed by atoms with Crippen molar-refractivity contribution in [1.29, 1.82) is 0 Å². The number of methoxy groups -OCH3 is 1.